The average molecular weight is 246 g/mol. The van der Waals surface area contributed by atoms with Crippen molar-refractivity contribution < 1.29 is 4.79 Å². The lowest BCUT2D eigenvalue weighted by Crippen LogP contribution is -2.49. The monoisotopic (exact) mass is 246 g/mol. The van der Waals surface area contributed by atoms with Crippen LogP contribution < -0.4 is 5.73 Å². The quantitative estimate of drug-likeness (QED) is 0.867. The van der Waals surface area contributed by atoms with Gasteiger partial charge in [0.05, 0.1) is 0 Å². The van der Waals surface area contributed by atoms with Gasteiger partial charge in [-0.15, -0.1) is 0 Å². The molecule has 1 aromatic rings. The van der Waals surface area contributed by atoms with Gasteiger partial charge in [0.2, 0.25) is 5.91 Å². The summed E-state index contributed by atoms with van der Waals surface area (Å²) in [5.74, 6) is 0.635. The number of nitrogens with zero attached hydrogens (tertiary/aromatic N) is 1. The second-order valence-corrected chi connectivity index (χ2v) is 5.50. The minimum atomic E-state index is 0.0479. The summed E-state index contributed by atoms with van der Waals surface area (Å²) < 4.78 is 0. The van der Waals surface area contributed by atoms with Crippen molar-refractivity contribution in [3.05, 3.63) is 35.9 Å². The van der Waals surface area contributed by atoms with Gasteiger partial charge < -0.3 is 10.6 Å². The third-order valence-corrected chi connectivity index (χ3v) is 3.56. The molecule has 1 heterocycles. The van der Waals surface area contributed by atoms with Crippen LogP contribution in [0, 0.1) is 5.92 Å². The van der Waals surface area contributed by atoms with Crippen molar-refractivity contribution >= 4 is 5.91 Å². The molecule has 0 saturated carbocycles. The number of carbonyl (C=O) groups is 1. The highest BCUT2D eigenvalue weighted by atomic mass is 16.2. The molecule has 2 N–H and O–H groups in total. The van der Waals surface area contributed by atoms with E-state index < -0.39 is 0 Å². The fraction of sp³-hybridized carbons (Fsp3) is 0.533. The number of rotatable bonds is 2. The minimum absolute atomic E-state index is 0.0479. The van der Waals surface area contributed by atoms with Gasteiger partial charge in [-0.2, -0.15) is 0 Å². The van der Waals surface area contributed by atoms with Gasteiger partial charge in [-0.3, -0.25) is 4.79 Å². The Hall–Kier alpha value is -1.35. The zero-order valence-electron chi connectivity index (χ0n) is 11.2. The molecule has 0 radical (unpaired) electrons. The van der Waals surface area contributed by atoms with Crippen LogP contribution in [0.4, 0.5) is 0 Å². The number of nitrogens with two attached hydrogens (primary N) is 1. The molecule has 3 heteroatoms. The van der Waals surface area contributed by atoms with Crippen molar-refractivity contribution in [2.45, 2.75) is 32.2 Å². The van der Waals surface area contributed by atoms with E-state index in [4.69, 9.17) is 5.73 Å². The van der Waals surface area contributed by atoms with Crippen LogP contribution in [0.2, 0.25) is 0 Å². The third kappa shape index (κ3) is 2.91. The molecule has 3 nitrogen and oxygen atoms in total. The molecule has 1 aliphatic heterocycles. The summed E-state index contributed by atoms with van der Waals surface area (Å²) in [7, 11) is 0. The molecule has 0 spiro atoms. The smallest absolute Gasteiger partial charge is 0.225 e. The van der Waals surface area contributed by atoms with Crippen LogP contribution in [0.25, 0.3) is 0 Å². The second-order valence-electron chi connectivity index (χ2n) is 5.50. The molecule has 1 aliphatic rings. The standard InChI is InChI=1S/C15H22N2O/c1-11(2)15(18)17-9-13(8-14(16)10-17)12-6-4-3-5-7-12/h3-7,11,13-14H,8-10,16H2,1-2H3. The Bertz CT molecular complexity index is 402. The van der Waals surface area contributed by atoms with E-state index in [9.17, 15) is 4.79 Å². The number of carbonyl (C=O) groups excluding carboxylic acids is 1. The van der Waals surface area contributed by atoms with Crippen LogP contribution in [0.15, 0.2) is 30.3 Å². The Balaban J connectivity index is 2.12. The minimum Gasteiger partial charge on any atom is -0.340 e. The van der Waals surface area contributed by atoms with Crippen LogP contribution in [0.1, 0.15) is 31.7 Å². The van der Waals surface area contributed by atoms with E-state index in [0.29, 0.717) is 12.5 Å². The molecule has 1 fully saturated rings. The van der Waals surface area contributed by atoms with Crippen molar-refractivity contribution in [1.29, 1.82) is 0 Å². The zero-order chi connectivity index (χ0) is 13.1. The number of likely N-dealkylation sites (tertiary alicyclic amines) is 1. The van der Waals surface area contributed by atoms with E-state index in [2.05, 4.69) is 12.1 Å². The lowest BCUT2D eigenvalue weighted by atomic mass is 9.88. The van der Waals surface area contributed by atoms with Crippen LogP contribution in [-0.2, 0) is 4.79 Å². The number of hydrogen-bond donors (Lipinski definition) is 1. The molecule has 98 valence electrons. The lowest BCUT2D eigenvalue weighted by Gasteiger charge is -2.37. The zero-order valence-corrected chi connectivity index (χ0v) is 11.2. The highest BCUT2D eigenvalue weighted by Gasteiger charge is 2.29. The molecule has 1 amide bonds. The van der Waals surface area contributed by atoms with Crippen molar-refractivity contribution in [1.82, 2.24) is 4.90 Å². The Labute approximate surface area is 109 Å². The van der Waals surface area contributed by atoms with Gasteiger partial charge in [0.15, 0.2) is 0 Å². The van der Waals surface area contributed by atoms with Crippen LogP contribution in [-0.4, -0.2) is 29.9 Å². The van der Waals surface area contributed by atoms with Crippen LogP contribution >= 0.6 is 0 Å². The molecule has 2 rings (SSSR count). The van der Waals surface area contributed by atoms with Gasteiger partial charge in [-0.25, -0.2) is 0 Å². The summed E-state index contributed by atoms with van der Waals surface area (Å²) in [5.41, 5.74) is 7.38. The largest absolute Gasteiger partial charge is 0.340 e. The number of benzene rings is 1. The van der Waals surface area contributed by atoms with Crippen molar-refractivity contribution in [2.75, 3.05) is 13.1 Å². The maximum absolute atomic E-state index is 12.1. The molecule has 0 aliphatic carbocycles. The van der Waals surface area contributed by atoms with Crippen molar-refractivity contribution in [2.24, 2.45) is 11.7 Å². The Morgan fingerprint density at radius 3 is 2.56 bits per heavy atom. The van der Waals surface area contributed by atoms with E-state index in [0.717, 1.165) is 13.0 Å². The Morgan fingerprint density at radius 2 is 1.94 bits per heavy atom. The van der Waals surface area contributed by atoms with E-state index in [1.807, 2.05) is 36.9 Å². The van der Waals surface area contributed by atoms with E-state index in [-0.39, 0.29) is 17.9 Å². The van der Waals surface area contributed by atoms with Crippen LogP contribution in [0.5, 0.6) is 0 Å². The molecule has 0 bridgehead atoms. The summed E-state index contributed by atoms with van der Waals surface area (Å²) in [4.78, 5) is 14.0. The first-order valence-corrected chi connectivity index (χ1v) is 6.67. The fourth-order valence-corrected chi connectivity index (χ4v) is 2.65. The molecular weight excluding hydrogens is 224 g/mol. The number of piperidine rings is 1. The molecule has 18 heavy (non-hydrogen) atoms. The van der Waals surface area contributed by atoms with Gasteiger partial charge in [0, 0.05) is 31.0 Å². The van der Waals surface area contributed by atoms with Crippen molar-refractivity contribution in [3.63, 3.8) is 0 Å². The maximum Gasteiger partial charge on any atom is 0.225 e. The van der Waals surface area contributed by atoms with Gasteiger partial charge >= 0.3 is 0 Å². The predicted octanol–water partition coefficient (Wildman–Crippen LogP) is 1.99. The van der Waals surface area contributed by atoms with Gasteiger partial charge in [0.25, 0.3) is 0 Å². The average Bonchev–Trinajstić information content (AvgIpc) is 2.38. The summed E-state index contributed by atoms with van der Waals surface area (Å²) in [5, 5.41) is 0. The highest BCUT2D eigenvalue weighted by molar-refractivity contribution is 5.78. The second kappa shape index (κ2) is 5.53. The summed E-state index contributed by atoms with van der Waals surface area (Å²) in [6, 6.07) is 10.4. The van der Waals surface area contributed by atoms with E-state index >= 15 is 0 Å². The normalized spacial score (nSPS) is 24.3. The van der Waals surface area contributed by atoms with Gasteiger partial charge in [0.1, 0.15) is 0 Å². The van der Waals surface area contributed by atoms with Crippen LogP contribution in [0.3, 0.4) is 0 Å². The third-order valence-electron chi connectivity index (χ3n) is 3.56. The number of amides is 1. The summed E-state index contributed by atoms with van der Waals surface area (Å²) in [6.07, 6.45) is 0.964. The Kier molecular flexibility index (Phi) is 4.02. The fourth-order valence-electron chi connectivity index (χ4n) is 2.65. The summed E-state index contributed by atoms with van der Waals surface area (Å²) in [6.45, 7) is 5.38. The van der Waals surface area contributed by atoms with E-state index in [1.165, 1.54) is 5.56 Å². The first-order chi connectivity index (χ1) is 8.58. The van der Waals surface area contributed by atoms with Gasteiger partial charge in [-0.05, 0) is 12.0 Å². The topological polar surface area (TPSA) is 46.3 Å². The first-order valence-electron chi connectivity index (χ1n) is 6.67. The van der Waals surface area contributed by atoms with Gasteiger partial charge in [-0.1, -0.05) is 44.2 Å². The summed E-state index contributed by atoms with van der Waals surface area (Å²) >= 11 is 0. The molecule has 0 aromatic heterocycles. The first kappa shape index (κ1) is 13.1. The SMILES string of the molecule is CC(C)C(=O)N1CC(N)CC(c2ccccc2)C1. The molecule has 1 aromatic carbocycles. The molecular formula is C15H22N2O. The Morgan fingerprint density at radius 1 is 1.28 bits per heavy atom. The highest BCUT2D eigenvalue weighted by Crippen LogP contribution is 2.26. The lowest BCUT2D eigenvalue weighted by molar-refractivity contribution is -0.136. The van der Waals surface area contributed by atoms with Crippen molar-refractivity contribution in [3.8, 4) is 0 Å². The maximum atomic E-state index is 12.1. The molecule has 2 unspecified atom stereocenters. The van der Waals surface area contributed by atoms with E-state index in [1.54, 1.807) is 0 Å². The predicted molar refractivity (Wildman–Crippen MR) is 73.2 cm³/mol. The molecule has 2 atom stereocenters. The number of hydrogen-bond acceptors (Lipinski definition) is 2. The molecule has 1 saturated heterocycles.